The highest BCUT2D eigenvalue weighted by Gasteiger charge is 2.16. The van der Waals surface area contributed by atoms with Crippen molar-refractivity contribution in [2.75, 3.05) is 19.1 Å². The third-order valence-electron chi connectivity index (χ3n) is 4.84. The van der Waals surface area contributed by atoms with Crippen LogP contribution in [0.2, 0.25) is 0 Å². The first-order valence-electron chi connectivity index (χ1n) is 9.64. The Bertz CT molecular complexity index is 1280. The second-order valence-electron chi connectivity index (χ2n) is 6.75. The molecule has 32 heavy (non-hydrogen) atoms. The highest BCUT2D eigenvalue weighted by atomic mass is 32.1. The van der Waals surface area contributed by atoms with Crippen molar-refractivity contribution in [1.82, 2.24) is 4.98 Å². The van der Waals surface area contributed by atoms with E-state index in [2.05, 4.69) is 4.98 Å². The molecule has 8 heteroatoms. The van der Waals surface area contributed by atoms with Crippen molar-refractivity contribution in [3.8, 4) is 23.0 Å². The van der Waals surface area contributed by atoms with Crippen molar-refractivity contribution < 1.29 is 18.6 Å². The molecule has 2 N–H and O–H groups in total. The Morgan fingerprint density at radius 2 is 1.62 bits per heavy atom. The molecule has 4 rings (SSSR count). The molecule has 1 heterocycles. The molecule has 0 atom stereocenters. The molecular weight excluding hydrogens is 429 g/mol. The van der Waals surface area contributed by atoms with Gasteiger partial charge >= 0.3 is 0 Å². The van der Waals surface area contributed by atoms with Crippen LogP contribution in [0.5, 0.6) is 23.0 Å². The zero-order chi connectivity index (χ0) is 22.7. The van der Waals surface area contributed by atoms with E-state index in [1.165, 1.54) is 11.0 Å². The highest BCUT2D eigenvalue weighted by molar-refractivity contribution is 7.80. The van der Waals surface area contributed by atoms with Crippen LogP contribution < -0.4 is 24.8 Å². The second kappa shape index (κ2) is 9.07. The van der Waals surface area contributed by atoms with E-state index in [0.717, 1.165) is 5.39 Å². The number of anilines is 2. The van der Waals surface area contributed by atoms with Gasteiger partial charge in [-0.1, -0.05) is 12.1 Å². The summed E-state index contributed by atoms with van der Waals surface area (Å²) in [6, 6.07) is 18.7. The van der Waals surface area contributed by atoms with Gasteiger partial charge in [-0.25, -0.2) is 4.39 Å². The first-order valence-corrected chi connectivity index (χ1v) is 10.1. The molecule has 0 unspecified atom stereocenters. The summed E-state index contributed by atoms with van der Waals surface area (Å²) in [7, 11) is 3.14. The molecule has 0 saturated heterocycles. The SMILES string of the molecule is COc1cc2nccc(Oc3ccc(N(C(N)=S)c4ccccc4F)cc3)c2cc1OC. The van der Waals surface area contributed by atoms with E-state index in [9.17, 15) is 4.39 Å². The number of nitrogens with two attached hydrogens (primary N) is 1. The third kappa shape index (κ3) is 4.13. The summed E-state index contributed by atoms with van der Waals surface area (Å²) < 4.78 is 31.1. The number of fused-ring (bicyclic) bond motifs is 1. The molecule has 6 nitrogen and oxygen atoms in total. The van der Waals surface area contributed by atoms with Crippen LogP contribution in [0.4, 0.5) is 15.8 Å². The van der Waals surface area contributed by atoms with E-state index in [0.29, 0.717) is 34.2 Å². The Morgan fingerprint density at radius 3 is 2.28 bits per heavy atom. The van der Waals surface area contributed by atoms with Gasteiger partial charge in [-0.15, -0.1) is 0 Å². The number of pyridine rings is 1. The maximum atomic E-state index is 14.3. The molecule has 0 aliphatic carbocycles. The van der Waals surface area contributed by atoms with Gasteiger partial charge in [0.25, 0.3) is 0 Å². The normalized spacial score (nSPS) is 10.6. The minimum atomic E-state index is -0.423. The zero-order valence-corrected chi connectivity index (χ0v) is 18.2. The molecule has 0 aliphatic heterocycles. The Morgan fingerprint density at radius 1 is 0.938 bits per heavy atom. The van der Waals surface area contributed by atoms with Gasteiger partial charge in [0.2, 0.25) is 0 Å². The van der Waals surface area contributed by atoms with Crippen LogP contribution in [0, 0.1) is 5.82 Å². The fourth-order valence-corrected chi connectivity index (χ4v) is 3.55. The quantitative estimate of drug-likeness (QED) is 0.386. The molecule has 0 saturated carbocycles. The van der Waals surface area contributed by atoms with E-state index < -0.39 is 5.82 Å². The summed E-state index contributed by atoms with van der Waals surface area (Å²) in [6.07, 6.45) is 1.66. The predicted octanol–water partition coefficient (Wildman–Crippen LogP) is 5.57. The number of hydrogen-bond donors (Lipinski definition) is 1. The largest absolute Gasteiger partial charge is 0.493 e. The van der Waals surface area contributed by atoms with E-state index in [1.54, 1.807) is 75.0 Å². The number of para-hydroxylation sites is 1. The fraction of sp³-hybridized carbons (Fsp3) is 0.0833. The summed E-state index contributed by atoms with van der Waals surface area (Å²) >= 11 is 5.15. The summed E-state index contributed by atoms with van der Waals surface area (Å²) in [6.45, 7) is 0. The van der Waals surface area contributed by atoms with Gasteiger partial charge in [0.15, 0.2) is 16.6 Å². The number of ether oxygens (including phenoxy) is 3. The van der Waals surface area contributed by atoms with Gasteiger partial charge in [-0.3, -0.25) is 9.88 Å². The average molecular weight is 450 g/mol. The standard InChI is InChI=1S/C24H20FN3O3S/c1-29-22-13-17-19(14-23(22)30-2)27-12-11-21(17)31-16-9-7-15(8-10-16)28(24(26)32)20-6-4-3-5-18(20)25/h3-14H,1-2H3,(H2,26,32). The van der Waals surface area contributed by atoms with Crippen molar-refractivity contribution in [3.05, 3.63) is 78.7 Å². The maximum Gasteiger partial charge on any atom is 0.175 e. The average Bonchev–Trinajstić information content (AvgIpc) is 2.80. The molecule has 1 aromatic heterocycles. The number of benzene rings is 3. The number of halogens is 1. The van der Waals surface area contributed by atoms with Crippen LogP contribution in [0.1, 0.15) is 0 Å². The topological polar surface area (TPSA) is 69.8 Å². The molecule has 0 spiro atoms. The maximum absolute atomic E-state index is 14.3. The van der Waals surface area contributed by atoms with Crippen LogP contribution in [0.15, 0.2) is 72.9 Å². The Labute approximate surface area is 190 Å². The molecule has 3 aromatic carbocycles. The second-order valence-corrected chi connectivity index (χ2v) is 7.17. The van der Waals surface area contributed by atoms with Crippen molar-refractivity contribution in [3.63, 3.8) is 0 Å². The first-order chi connectivity index (χ1) is 15.5. The van der Waals surface area contributed by atoms with Gasteiger partial charge < -0.3 is 19.9 Å². The van der Waals surface area contributed by atoms with Gasteiger partial charge in [0, 0.05) is 23.3 Å². The van der Waals surface area contributed by atoms with Crippen molar-refractivity contribution >= 4 is 39.6 Å². The van der Waals surface area contributed by atoms with Gasteiger partial charge in [-0.05, 0) is 60.7 Å². The van der Waals surface area contributed by atoms with E-state index in [4.69, 9.17) is 32.2 Å². The summed E-state index contributed by atoms with van der Waals surface area (Å²) in [5, 5.41) is 0.801. The number of methoxy groups -OCH3 is 2. The molecule has 4 aromatic rings. The first kappa shape index (κ1) is 21.3. The number of nitrogens with zero attached hydrogens (tertiary/aromatic N) is 2. The summed E-state index contributed by atoms with van der Waals surface area (Å²) in [4.78, 5) is 5.85. The van der Waals surface area contributed by atoms with Crippen LogP contribution in [-0.2, 0) is 0 Å². The van der Waals surface area contributed by atoms with E-state index in [-0.39, 0.29) is 10.8 Å². The fourth-order valence-electron chi connectivity index (χ4n) is 3.34. The molecule has 0 aliphatic rings. The predicted molar refractivity (Wildman–Crippen MR) is 127 cm³/mol. The lowest BCUT2D eigenvalue weighted by Crippen LogP contribution is -2.31. The molecule has 0 amide bonds. The minimum Gasteiger partial charge on any atom is -0.493 e. The Hall–Kier alpha value is -3.91. The van der Waals surface area contributed by atoms with Crippen molar-refractivity contribution in [2.45, 2.75) is 0 Å². The van der Waals surface area contributed by atoms with Crippen LogP contribution in [0.25, 0.3) is 10.9 Å². The summed E-state index contributed by atoms with van der Waals surface area (Å²) in [5.74, 6) is 1.91. The van der Waals surface area contributed by atoms with E-state index >= 15 is 0 Å². The van der Waals surface area contributed by atoms with Crippen molar-refractivity contribution in [2.24, 2.45) is 5.73 Å². The van der Waals surface area contributed by atoms with E-state index in [1.807, 2.05) is 6.07 Å². The molecule has 0 fully saturated rings. The number of aromatic nitrogens is 1. The smallest absolute Gasteiger partial charge is 0.175 e. The molecular formula is C24H20FN3O3S. The van der Waals surface area contributed by atoms with Gasteiger partial charge in [0.1, 0.15) is 17.3 Å². The highest BCUT2D eigenvalue weighted by Crippen LogP contribution is 2.37. The lowest BCUT2D eigenvalue weighted by molar-refractivity contribution is 0.355. The molecule has 162 valence electrons. The monoisotopic (exact) mass is 449 g/mol. The third-order valence-corrected chi connectivity index (χ3v) is 5.03. The zero-order valence-electron chi connectivity index (χ0n) is 17.4. The van der Waals surface area contributed by atoms with Gasteiger partial charge in [-0.2, -0.15) is 0 Å². The minimum absolute atomic E-state index is 0.0324. The Kier molecular flexibility index (Phi) is 6.04. The van der Waals surface area contributed by atoms with Crippen LogP contribution in [-0.4, -0.2) is 24.3 Å². The lowest BCUT2D eigenvalue weighted by Gasteiger charge is -2.23. The lowest BCUT2D eigenvalue weighted by atomic mass is 10.1. The molecule has 0 bridgehead atoms. The summed E-state index contributed by atoms with van der Waals surface area (Å²) in [5.41, 5.74) is 7.46. The number of rotatable bonds is 6. The number of thiocarbonyl (C=S) groups is 1. The molecule has 0 radical (unpaired) electrons. The van der Waals surface area contributed by atoms with Crippen molar-refractivity contribution in [1.29, 1.82) is 0 Å². The Balaban J connectivity index is 1.66. The van der Waals surface area contributed by atoms with Gasteiger partial charge in [0.05, 0.1) is 25.4 Å². The van der Waals surface area contributed by atoms with Crippen LogP contribution in [0.3, 0.4) is 0 Å². The number of hydrogen-bond acceptors (Lipinski definition) is 5. The van der Waals surface area contributed by atoms with Crippen LogP contribution >= 0.6 is 12.2 Å².